The highest BCUT2D eigenvalue weighted by Gasteiger charge is 2.36. The molecule has 2 heterocycles. The van der Waals surface area contributed by atoms with Crippen molar-refractivity contribution in [3.05, 3.63) is 12.2 Å². The van der Waals surface area contributed by atoms with Gasteiger partial charge in [0, 0.05) is 12.5 Å². The molecule has 2 fully saturated rings. The van der Waals surface area contributed by atoms with Gasteiger partial charge >= 0.3 is 0 Å². The van der Waals surface area contributed by atoms with Crippen LogP contribution in [0.15, 0.2) is 12.2 Å². The standard InChI is InChI=1S/C15H23NO/c17-15(11-8-12-4-1-2-5-12)16-13-6-3-7-14(16)10-9-13/h3,6,12-14H,1-2,4-5,7-11H2. The monoisotopic (exact) mass is 233 g/mol. The van der Waals surface area contributed by atoms with Gasteiger partial charge in [-0.1, -0.05) is 37.8 Å². The molecule has 2 aliphatic heterocycles. The number of fused-ring (bicyclic) bond motifs is 2. The zero-order valence-corrected chi connectivity index (χ0v) is 10.6. The van der Waals surface area contributed by atoms with E-state index in [2.05, 4.69) is 17.1 Å². The lowest BCUT2D eigenvalue weighted by Crippen LogP contribution is -2.42. The van der Waals surface area contributed by atoms with Crippen LogP contribution in [0.1, 0.15) is 57.8 Å². The number of nitrogens with zero attached hydrogens (tertiary/aromatic N) is 1. The Labute approximate surface area is 104 Å². The molecule has 1 amide bonds. The Balaban J connectivity index is 1.53. The van der Waals surface area contributed by atoms with Crippen LogP contribution < -0.4 is 0 Å². The van der Waals surface area contributed by atoms with Crippen molar-refractivity contribution in [1.29, 1.82) is 0 Å². The number of rotatable bonds is 3. The number of carbonyl (C=O) groups is 1. The molecule has 2 bridgehead atoms. The summed E-state index contributed by atoms with van der Waals surface area (Å²) in [6, 6.07) is 0.964. The highest BCUT2D eigenvalue weighted by atomic mass is 16.2. The molecule has 1 aliphatic carbocycles. The number of hydrogen-bond acceptors (Lipinski definition) is 1. The lowest BCUT2D eigenvalue weighted by atomic mass is 10.0. The van der Waals surface area contributed by atoms with Crippen LogP contribution in [0.25, 0.3) is 0 Å². The largest absolute Gasteiger partial charge is 0.333 e. The maximum atomic E-state index is 12.3. The first-order valence-electron chi connectivity index (χ1n) is 7.32. The summed E-state index contributed by atoms with van der Waals surface area (Å²) in [5, 5.41) is 0. The minimum atomic E-state index is 0.425. The number of amides is 1. The van der Waals surface area contributed by atoms with Gasteiger partial charge in [-0.25, -0.2) is 0 Å². The minimum absolute atomic E-state index is 0.425. The van der Waals surface area contributed by atoms with Crippen LogP contribution in [0.2, 0.25) is 0 Å². The Morgan fingerprint density at radius 3 is 2.76 bits per heavy atom. The van der Waals surface area contributed by atoms with E-state index >= 15 is 0 Å². The van der Waals surface area contributed by atoms with E-state index in [0.29, 0.717) is 18.0 Å². The average Bonchev–Trinajstić information content (AvgIpc) is 2.93. The fourth-order valence-electron chi connectivity index (χ4n) is 3.87. The summed E-state index contributed by atoms with van der Waals surface area (Å²) in [5.74, 6) is 1.27. The molecule has 2 heteroatoms. The van der Waals surface area contributed by atoms with Gasteiger partial charge in [0.05, 0.1) is 6.04 Å². The molecule has 0 aromatic heterocycles. The second-order valence-electron chi connectivity index (χ2n) is 5.95. The summed E-state index contributed by atoms with van der Waals surface area (Å²) in [5.41, 5.74) is 0. The summed E-state index contributed by atoms with van der Waals surface area (Å²) in [7, 11) is 0. The molecule has 1 saturated heterocycles. The fourth-order valence-corrected chi connectivity index (χ4v) is 3.87. The van der Waals surface area contributed by atoms with Crippen molar-refractivity contribution in [3.63, 3.8) is 0 Å². The lowest BCUT2D eigenvalue weighted by Gasteiger charge is -2.31. The van der Waals surface area contributed by atoms with Crippen molar-refractivity contribution in [3.8, 4) is 0 Å². The van der Waals surface area contributed by atoms with E-state index in [-0.39, 0.29) is 0 Å². The smallest absolute Gasteiger partial charge is 0.223 e. The summed E-state index contributed by atoms with van der Waals surface area (Å²) < 4.78 is 0. The molecule has 0 spiro atoms. The van der Waals surface area contributed by atoms with Gasteiger partial charge in [-0.15, -0.1) is 0 Å². The van der Waals surface area contributed by atoms with Gasteiger partial charge in [-0.3, -0.25) is 4.79 Å². The molecule has 3 aliphatic rings. The molecule has 17 heavy (non-hydrogen) atoms. The van der Waals surface area contributed by atoms with Crippen molar-refractivity contribution in [1.82, 2.24) is 4.90 Å². The van der Waals surface area contributed by atoms with Crippen LogP contribution in [0.5, 0.6) is 0 Å². The second kappa shape index (κ2) is 4.83. The Kier molecular flexibility index (Phi) is 3.21. The second-order valence-corrected chi connectivity index (χ2v) is 5.95. The normalized spacial score (nSPS) is 32.4. The Hall–Kier alpha value is -0.790. The zero-order valence-electron chi connectivity index (χ0n) is 10.6. The van der Waals surface area contributed by atoms with Crippen LogP contribution in [-0.4, -0.2) is 22.9 Å². The third kappa shape index (κ3) is 2.27. The number of hydrogen-bond donors (Lipinski definition) is 0. The van der Waals surface area contributed by atoms with Gasteiger partial charge in [-0.05, 0) is 31.6 Å². The predicted octanol–water partition coefficient (Wildman–Crippen LogP) is 3.28. The van der Waals surface area contributed by atoms with Gasteiger partial charge in [-0.2, -0.15) is 0 Å². The first kappa shape index (κ1) is 11.3. The Morgan fingerprint density at radius 1 is 1.18 bits per heavy atom. The van der Waals surface area contributed by atoms with Gasteiger partial charge in [0.1, 0.15) is 0 Å². The van der Waals surface area contributed by atoms with E-state index in [0.717, 1.165) is 25.2 Å². The Morgan fingerprint density at radius 2 is 2.00 bits per heavy atom. The molecule has 2 unspecified atom stereocenters. The molecular formula is C15H23NO. The minimum Gasteiger partial charge on any atom is -0.333 e. The van der Waals surface area contributed by atoms with E-state index in [1.54, 1.807) is 0 Å². The van der Waals surface area contributed by atoms with E-state index in [1.165, 1.54) is 38.5 Å². The van der Waals surface area contributed by atoms with E-state index in [1.807, 2.05) is 0 Å². The van der Waals surface area contributed by atoms with Gasteiger partial charge in [0.15, 0.2) is 0 Å². The molecule has 2 atom stereocenters. The van der Waals surface area contributed by atoms with Crippen LogP contribution >= 0.6 is 0 Å². The van der Waals surface area contributed by atoms with Crippen molar-refractivity contribution in [2.24, 2.45) is 5.92 Å². The molecular weight excluding hydrogens is 210 g/mol. The molecule has 1 saturated carbocycles. The van der Waals surface area contributed by atoms with Gasteiger partial charge < -0.3 is 4.90 Å². The summed E-state index contributed by atoms with van der Waals surface area (Å²) >= 11 is 0. The van der Waals surface area contributed by atoms with Crippen LogP contribution in [0.4, 0.5) is 0 Å². The highest BCUT2D eigenvalue weighted by molar-refractivity contribution is 5.77. The molecule has 0 aromatic carbocycles. The summed E-state index contributed by atoms with van der Waals surface area (Å²) in [4.78, 5) is 14.5. The maximum Gasteiger partial charge on any atom is 0.223 e. The molecule has 94 valence electrons. The topological polar surface area (TPSA) is 20.3 Å². The first-order chi connectivity index (χ1) is 8.34. The molecule has 3 rings (SSSR count). The summed E-state index contributed by atoms with van der Waals surface area (Å²) in [6.45, 7) is 0. The Bertz CT molecular complexity index is 317. The lowest BCUT2D eigenvalue weighted by molar-refractivity contribution is -0.133. The highest BCUT2D eigenvalue weighted by Crippen LogP contribution is 2.33. The quantitative estimate of drug-likeness (QED) is 0.685. The van der Waals surface area contributed by atoms with Gasteiger partial charge in [0.2, 0.25) is 5.91 Å². The van der Waals surface area contributed by atoms with Gasteiger partial charge in [0.25, 0.3) is 0 Å². The molecule has 0 N–H and O–H groups in total. The molecule has 0 radical (unpaired) electrons. The van der Waals surface area contributed by atoms with Crippen LogP contribution in [-0.2, 0) is 4.79 Å². The molecule has 0 aromatic rings. The molecule has 2 nitrogen and oxygen atoms in total. The number of carbonyl (C=O) groups excluding carboxylic acids is 1. The predicted molar refractivity (Wildman–Crippen MR) is 68.6 cm³/mol. The van der Waals surface area contributed by atoms with E-state index in [4.69, 9.17) is 0 Å². The zero-order chi connectivity index (χ0) is 11.7. The van der Waals surface area contributed by atoms with Crippen molar-refractivity contribution in [2.75, 3.05) is 0 Å². The van der Waals surface area contributed by atoms with E-state index in [9.17, 15) is 4.79 Å². The SMILES string of the molecule is O=C(CCC1CCCC1)N1C2C=CCC1CC2. The van der Waals surface area contributed by atoms with Crippen molar-refractivity contribution >= 4 is 5.91 Å². The van der Waals surface area contributed by atoms with Crippen molar-refractivity contribution < 1.29 is 4.79 Å². The van der Waals surface area contributed by atoms with Crippen LogP contribution in [0, 0.1) is 5.92 Å². The van der Waals surface area contributed by atoms with Crippen molar-refractivity contribution in [2.45, 2.75) is 69.9 Å². The third-order valence-electron chi connectivity index (χ3n) is 4.84. The summed E-state index contributed by atoms with van der Waals surface area (Å²) in [6.07, 6.45) is 15.4. The maximum absolute atomic E-state index is 12.3. The first-order valence-corrected chi connectivity index (χ1v) is 7.32. The fraction of sp³-hybridized carbons (Fsp3) is 0.800. The van der Waals surface area contributed by atoms with E-state index < -0.39 is 0 Å². The van der Waals surface area contributed by atoms with Crippen LogP contribution in [0.3, 0.4) is 0 Å². The third-order valence-corrected chi connectivity index (χ3v) is 4.84. The average molecular weight is 233 g/mol.